The summed E-state index contributed by atoms with van der Waals surface area (Å²) < 4.78 is 11.0. The van der Waals surface area contributed by atoms with Crippen LogP contribution in [-0.2, 0) is 11.3 Å². The van der Waals surface area contributed by atoms with E-state index in [1.165, 1.54) is 6.07 Å². The molecule has 0 spiro atoms. The monoisotopic (exact) mass is 416 g/mol. The quantitative estimate of drug-likeness (QED) is 0.459. The normalized spacial score (nSPS) is 14.9. The average molecular weight is 417 g/mol. The molecule has 3 aromatic rings. The van der Waals surface area contributed by atoms with Crippen LogP contribution in [0.25, 0.3) is 10.9 Å². The smallest absolute Gasteiger partial charge is 0.345 e. The molecule has 7 heteroatoms. The van der Waals surface area contributed by atoms with Gasteiger partial charge in [-0.15, -0.1) is 0 Å². The first-order chi connectivity index (χ1) is 13.6. The summed E-state index contributed by atoms with van der Waals surface area (Å²) in [6.07, 6.45) is 1.69. The summed E-state index contributed by atoms with van der Waals surface area (Å²) in [5.74, 6) is -0.146. The van der Waals surface area contributed by atoms with E-state index in [4.69, 9.17) is 32.7 Å². The van der Waals surface area contributed by atoms with Crippen molar-refractivity contribution < 1.29 is 14.3 Å². The Morgan fingerprint density at radius 3 is 2.75 bits per heavy atom. The number of halogens is 2. The van der Waals surface area contributed by atoms with E-state index >= 15 is 0 Å². The predicted molar refractivity (Wildman–Crippen MR) is 109 cm³/mol. The highest BCUT2D eigenvalue weighted by molar-refractivity contribution is 6.36. The highest BCUT2D eigenvalue weighted by Crippen LogP contribution is 2.29. The van der Waals surface area contributed by atoms with Gasteiger partial charge in [-0.25, -0.2) is 4.79 Å². The van der Waals surface area contributed by atoms with E-state index in [-0.39, 0.29) is 10.6 Å². The molecule has 5 nitrogen and oxygen atoms in total. The number of carbonyl (C=O) groups excluding carboxylic acids is 1. The molecule has 0 bridgehead atoms. The van der Waals surface area contributed by atoms with Gasteiger partial charge in [-0.2, -0.15) is 0 Å². The largest absolute Gasteiger partial charge is 0.421 e. The average Bonchev–Trinajstić information content (AvgIpc) is 2.70. The van der Waals surface area contributed by atoms with E-state index in [1.54, 1.807) is 24.4 Å². The van der Waals surface area contributed by atoms with Gasteiger partial charge in [0.15, 0.2) is 5.75 Å². The van der Waals surface area contributed by atoms with Gasteiger partial charge in [0.05, 0.1) is 23.8 Å². The van der Waals surface area contributed by atoms with E-state index in [9.17, 15) is 4.79 Å². The van der Waals surface area contributed by atoms with Gasteiger partial charge >= 0.3 is 5.97 Å². The Morgan fingerprint density at radius 1 is 1.14 bits per heavy atom. The van der Waals surface area contributed by atoms with Gasteiger partial charge in [-0.1, -0.05) is 35.3 Å². The van der Waals surface area contributed by atoms with Crippen LogP contribution >= 0.6 is 23.2 Å². The summed E-state index contributed by atoms with van der Waals surface area (Å²) >= 11 is 12.0. The van der Waals surface area contributed by atoms with Gasteiger partial charge in [-0.05, 0) is 35.9 Å². The van der Waals surface area contributed by atoms with Crippen LogP contribution in [0.4, 0.5) is 0 Å². The Labute approximate surface area is 172 Å². The molecule has 0 atom stereocenters. The van der Waals surface area contributed by atoms with Crippen molar-refractivity contribution in [3.8, 4) is 5.75 Å². The third-order valence-electron chi connectivity index (χ3n) is 4.67. The standard InChI is InChI=1S/C21H18Cl2N2O3/c22-15-4-5-17(18(23)12-15)21(26)28-19-6-3-14(13-25-8-10-27-11-9-25)16-2-1-7-24-20(16)19/h1-7,12H,8-11,13H2. The van der Waals surface area contributed by atoms with Crippen molar-refractivity contribution in [3.63, 3.8) is 0 Å². The number of rotatable bonds is 4. The molecule has 1 aliphatic rings. The SMILES string of the molecule is O=C(Oc1ccc(CN2CCOCC2)c2cccnc12)c1ccc(Cl)cc1Cl. The Kier molecular flexibility index (Phi) is 5.78. The highest BCUT2D eigenvalue weighted by Gasteiger charge is 2.18. The van der Waals surface area contributed by atoms with E-state index in [0.29, 0.717) is 16.3 Å². The minimum absolute atomic E-state index is 0.249. The van der Waals surface area contributed by atoms with E-state index in [2.05, 4.69) is 9.88 Å². The summed E-state index contributed by atoms with van der Waals surface area (Å²) in [4.78, 5) is 19.4. The number of benzene rings is 2. The molecule has 0 saturated carbocycles. The maximum atomic E-state index is 12.6. The van der Waals surface area contributed by atoms with Crippen LogP contribution in [0.1, 0.15) is 15.9 Å². The molecule has 1 aliphatic heterocycles. The van der Waals surface area contributed by atoms with Crippen LogP contribution in [0.5, 0.6) is 5.75 Å². The molecule has 2 heterocycles. The van der Waals surface area contributed by atoms with Gasteiger partial charge in [0.25, 0.3) is 0 Å². The number of aromatic nitrogens is 1. The topological polar surface area (TPSA) is 51.7 Å². The maximum absolute atomic E-state index is 12.6. The predicted octanol–water partition coefficient (Wildman–Crippen LogP) is 4.59. The molecule has 0 amide bonds. The van der Waals surface area contributed by atoms with Crippen molar-refractivity contribution in [2.75, 3.05) is 26.3 Å². The van der Waals surface area contributed by atoms with Gasteiger partial charge < -0.3 is 9.47 Å². The number of nitrogens with zero attached hydrogens (tertiary/aromatic N) is 2. The van der Waals surface area contributed by atoms with E-state index < -0.39 is 5.97 Å². The van der Waals surface area contributed by atoms with Crippen molar-refractivity contribution in [3.05, 3.63) is 69.8 Å². The van der Waals surface area contributed by atoms with E-state index in [1.807, 2.05) is 18.2 Å². The molecule has 0 aliphatic carbocycles. The van der Waals surface area contributed by atoms with Gasteiger partial charge in [-0.3, -0.25) is 9.88 Å². The van der Waals surface area contributed by atoms with Gasteiger partial charge in [0.2, 0.25) is 0 Å². The number of carbonyl (C=O) groups is 1. The van der Waals surface area contributed by atoms with Crippen LogP contribution in [-0.4, -0.2) is 42.2 Å². The van der Waals surface area contributed by atoms with Gasteiger partial charge in [0, 0.05) is 36.2 Å². The summed E-state index contributed by atoms with van der Waals surface area (Å²) in [5, 5.41) is 1.67. The lowest BCUT2D eigenvalue weighted by molar-refractivity contribution is 0.0343. The molecular formula is C21H18Cl2N2O3. The molecule has 4 rings (SSSR count). The fourth-order valence-corrected chi connectivity index (χ4v) is 3.72. The van der Waals surface area contributed by atoms with Crippen LogP contribution in [0, 0.1) is 0 Å². The Morgan fingerprint density at radius 2 is 1.96 bits per heavy atom. The van der Waals surface area contributed by atoms with Crippen molar-refractivity contribution in [1.82, 2.24) is 9.88 Å². The first-order valence-electron chi connectivity index (χ1n) is 8.96. The lowest BCUT2D eigenvalue weighted by atomic mass is 10.1. The highest BCUT2D eigenvalue weighted by atomic mass is 35.5. The molecule has 28 heavy (non-hydrogen) atoms. The van der Waals surface area contributed by atoms with Crippen molar-refractivity contribution >= 4 is 40.1 Å². The fourth-order valence-electron chi connectivity index (χ4n) is 3.24. The Balaban J connectivity index is 1.63. The molecule has 1 fully saturated rings. The van der Waals surface area contributed by atoms with Gasteiger partial charge in [0.1, 0.15) is 5.52 Å². The lowest BCUT2D eigenvalue weighted by Gasteiger charge is -2.27. The Bertz CT molecular complexity index is 1020. The molecule has 0 N–H and O–H groups in total. The summed E-state index contributed by atoms with van der Waals surface area (Å²) in [6.45, 7) is 4.07. The third kappa shape index (κ3) is 4.13. The number of morpholine rings is 1. The summed E-state index contributed by atoms with van der Waals surface area (Å²) in [7, 11) is 0. The van der Waals surface area contributed by atoms with E-state index in [0.717, 1.165) is 43.8 Å². The molecular weight excluding hydrogens is 399 g/mol. The zero-order chi connectivity index (χ0) is 19.5. The van der Waals surface area contributed by atoms with Crippen molar-refractivity contribution in [2.24, 2.45) is 0 Å². The van der Waals surface area contributed by atoms with Crippen LogP contribution in [0.15, 0.2) is 48.7 Å². The second-order valence-electron chi connectivity index (χ2n) is 6.52. The second-order valence-corrected chi connectivity index (χ2v) is 7.37. The number of ether oxygens (including phenoxy) is 2. The fraction of sp³-hybridized carbons (Fsp3) is 0.238. The minimum atomic E-state index is -0.547. The minimum Gasteiger partial charge on any atom is -0.421 e. The second kappa shape index (κ2) is 8.45. The summed E-state index contributed by atoms with van der Waals surface area (Å²) in [5.41, 5.74) is 2.04. The van der Waals surface area contributed by atoms with Crippen LogP contribution in [0.2, 0.25) is 10.0 Å². The number of pyridine rings is 1. The lowest BCUT2D eigenvalue weighted by Crippen LogP contribution is -2.35. The Hall–Kier alpha value is -2.18. The first kappa shape index (κ1) is 19.2. The maximum Gasteiger partial charge on any atom is 0.345 e. The van der Waals surface area contributed by atoms with Crippen LogP contribution < -0.4 is 4.74 Å². The molecule has 144 valence electrons. The van der Waals surface area contributed by atoms with Crippen LogP contribution in [0.3, 0.4) is 0 Å². The molecule has 0 unspecified atom stereocenters. The first-order valence-corrected chi connectivity index (χ1v) is 9.71. The zero-order valence-electron chi connectivity index (χ0n) is 15.0. The number of hydrogen-bond donors (Lipinski definition) is 0. The number of hydrogen-bond acceptors (Lipinski definition) is 5. The third-order valence-corrected chi connectivity index (χ3v) is 5.22. The number of esters is 1. The van der Waals surface area contributed by atoms with Crippen molar-refractivity contribution in [2.45, 2.75) is 6.54 Å². The summed E-state index contributed by atoms with van der Waals surface area (Å²) in [6, 6.07) is 12.3. The molecule has 0 radical (unpaired) electrons. The molecule has 2 aromatic carbocycles. The van der Waals surface area contributed by atoms with Crippen molar-refractivity contribution in [1.29, 1.82) is 0 Å². The number of fused-ring (bicyclic) bond motifs is 1. The molecule has 1 aromatic heterocycles. The molecule has 1 saturated heterocycles. The zero-order valence-corrected chi connectivity index (χ0v) is 16.5.